The van der Waals surface area contributed by atoms with Gasteiger partial charge in [0, 0.05) is 32.3 Å². The highest BCUT2D eigenvalue weighted by Crippen LogP contribution is 2.12. The summed E-state index contributed by atoms with van der Waals surface area (Å²) in [5.74, 6) is 0.730. The van der Waals surface area contributed by atoms with Gasteiger partial charge in [0.1, 0.15) is 5.75 Å². The van der Waals surface area contributed by atoms with Crippen molar-refractivity contribution in [2.75, 3.05) is 39.9 Å². The molecule has 6 heteroatoms. The van der Waals surface area contributed by atoms with Gasteiger partial charge in [-0.1, -0.05) is 12.1 Å². The Bertz CT molecular complexity index is 560. The summed E-state index contributed by atoms with van der Waals surface area (Å²) >= 11 is 0. The van der Waals surface area contributed by atoms with Gasteiger partial charge in [0.2, 0.25) is 5.91 Å². The molecule has 1 fully saturated rings. The third kappa shape index (κ3) is 4.74. The second kappa shape index (κ2) is 8.22. The van der Waals surface area contributed by atoms with Crippen molar-refractivity contribution in [2.24, 2.45) is 0 Å². The van der Waals surface area contributed by atoms with Gasteiger partial charge in [-0.15, -0.1) is 0 Å². The highest BCUT2D eigenvalue weighted by Gasteiger charge is 2.23. The lowest BCUT2D eigenvalue weighted by atomic mass is 10.2. The monoisotopic (exact) mass is 318 g/mol. The average molecular weight is 318 g/mol. The zero-order valence-electron chi connectivity index (χ0n) is 13.5. The minimum Gasteiger partial charge on any atom is -0.497 e. The Morgan fingerprint density at radius 3 is 2.26 bits per heavy atom. The molecule has 1 aliphatic heterocycles. The van der Waals surface area contributed by atoms with E-state index >= 15 is 0 Å². The first-order valence-corrected chi connectivity index (χ1v) is 7.66. The Balaban J connectivity index is 1.84. The molecule has 0 saturated carbocycles. The van der Waals surface area contributed by atoms with Crippen molar-refractivity contribution >= 4 is 18.1 Å². The molecule has 1 aromatic rings. The molecule has 0 unspecified atom stereocenters. The van der Waals surface area contributed by atoms with Gasteiger partial charge in [-0.05, 0) is 30.7 Å². The molecule has 1 saturated heterocycles. The molecular formula is C17H22N2O4. The van der Waals surface area contributed by atoms with E-state index in [1.165, 1.54) is 0 Å². The molecule has 0 aromatic heterocycles. The van der Waals surface area contributed by atoms with Gasteiger partial charge in [-0.3, -0.25) is 4.79 Å². The van der Waals surface area contributed by atoms with Crippen LogP contribution in [0.15, 0.2) is 30.3 Å². The molecule has 1 aliphatic rings. The summed E-state index contributed by atoms with van der Waals surface area (Å²) in [6.45, 7) is 4.18. The molecule has 1 heterocycles. The highest BCUT2D eigenvalue weighted by atomic mass is 16.6. The minimum atomic E-state index is -0.312. The zero-order valence-corrected chi connectivity index (χ0v) is 13.5. The Labute approximate surface area is 136 Å². The molecule has 0 radical (unpaired) electrons. The second-order valence-electron chi connectivity index (χ2n) is 5.12. The molecule has 6 nitrogen and oxygen atoms in total. The van der Waals surface area contributed by atoms with Crippen LogP contribution in [-0.2, 0) is 9.53 Å². The summed E-state index contributed by atoms with van der Waals surface area (Å²) in [7, 11) is 1.62. The maximum absolute atomic E-state index is 12.2. The van der Waals surface area contributed by atoms with Crippen LogP contribution in [0.3, 0.4) is 0 Å². The molecule has 0 N–H and O–H groups in total. The molecule has 2 amide bonds. The standard InChI is InChI=1S/C17H22N2O4/c1-3-23-17(21)19-12-10-18(11-13-19)16(20)9-6-14-4-7-15(22-2)8-5-14/h4-9H,3,10-13H2,1-2H3/b9-6+. The summed E-state index contributed by atoms with van der Waals surface area (Å²) in [6.07, 6.45) is 3.02. The minimum absolute atomic E-state index is 0.0515. The van der Waals surface area contributed by atoms with Crippen LogP contribution in [0.25, 0.3) is 6.08 Å². The van der Waals surface area contributed by atoms with Crippen LogP contribution >= 0.6 is 0 Å². The van der Waals surface area contributed by atoms with E-state index < -0.39 is 0 Å². The number of carbonyl (C=O) groups is 2. The quantitative estimate of drug-likeness (QED) is 0.797. The van der Waals surface area contributed by atoms with E-state index in [-0.39, 0.29) is 12.0 Å². The third-order valence-electron chi connectivity index (χ3n) is 3.65. The Morgan fingerprint density at radius 2 is 1.70 bits per heavy atom. The summed E-state index contributed by atoms with van der Waals surface area (Å²) in [5, 5.41) is 0. The molecule has 0 aliphatic carbocycles. The topological polar surface area (TPSA) is 59.1 Å². The molecule has 2 rings (SSSR count). The number of amides is 2. The van der Waals surface area contributed by atoms with Crippen LogP contribution in [-0.4, -0.2) is 61.7 Å². The lowest BCUT2D eigenvalue weighted by Crippen LogP contribution is -2.50. The Kier molecular flexibility index (Phi) is 6.02. The number of hydrogen-bond acceptors (Lipinski definition) is 4. The van der Waals surface area contributed by atoms with Gasteiger partial charge in [0.15, 0.2) is 0 Å². The first kappa shape index (κ1) is 16.9. The number of hydrogen-bond donors (Lipinski definition) is 0. The van der Waals surface area contributed by atoms with Crippen molar-refractivity contribution < 1.29 is 19.1 Å². The predicted octanol–water partition coefficient (Wildman–Crippen LogP) is 2.01. The molecule has 124 valence electrons. The van der Waals surface area contributed by atoms with Crippen molar-refractivity contribution in [1.82, 2.24) is 9.80 Å². The van der Waals surface area contributed by atoms with Gasteiger partial charge in [-0.25, -0.2) is 4.79 Å². The third-order valence-corrected chi connectivity index (χ3v) is 3.65. The van der Waals surface area contributed by atoms with Crippen LogP contribution in [0.1, 0.15) is 12.5 Å². The summed E-state index contributed by atoms with van der Waals surface area (Å²) in [6, 6.07) is 7.48. The van der Waals surface area contributed by atoms with Crippen molar-refractivity contribution in [3.05, 3.63) is 35.9 Å². The van der Waals surface area contributed by atoms with Crippen LogP contribution in [0.5, 0.6) is 5.75 Å². The molecule has 0 bridgehead atoms. The van der Waals surface area contributed by atoms with Crippen LogP contribution in [0.4, 0.5) is 4.79 Å². The maximum Gasteiger partial charge on any atom is 0.409 e. The smallest absolute Gasteiger partial charge is 0.409 e. The predicted molar refractivity (Wildman–Crippen MR) is 87.2 cm³/mol. The van der Waals surface area contributed by atoms with Crippen LogP contribution < -0.4 is 4.74 Å². The van der Waals surface area contributed by atoms with E-state index in [0.717, 1.165) is 11.3 Å². The zero-order chi connectivity index (χ0) is 16.7. The van der Waals surface area contributed by atoms with Gasteiger partial charge < -0.3 is 19.3 Å². The fraction of sp³-hybridized carbons (Fsp3) is 0.412. The van der Waals surface area contributed by atoms with E-state index in [1.54, 1.807) is 36.0 Å². The second-order valence-corrected chi connectivity index (χ2v) is 5.12. The number of rotatable bonds is 4. The molecule has 23 heavy (non-hydrogen) atoms. The van der Waals surface area contributed by atoms with Crippen molar-refractivity contribution in [3.8, 4) is 5.75 Å². The van der Waals surface area contributed by atoms with E-state index in [1.807, 2.05) is 24.3 Å². The summed E-state index contributed by atoms with van der Waals surface area (Å²) in [5.41, 5.74) is 0.935. The lowest BCUT2D eigenvalue weighted by Gasteiger charge is -2.33. The molecule has 0 atom stereocenters. The van der Waals surface area contributed by atoms with E-state index in [9.17, 15) is 9.59 Å². The molecule has 1 aromatic carbocycles. The van der Waals surface area contributed by atoms with Crippen molar-refractivity contribution in [3.63, 3.8) is 0 Å². The van der Waals surface area contributed by atoms with Gasteiger partial charge in [0.05, 0.1) is 13.7 Å². The number of nitrogens with zero attached hydrogens (tertiary/aromatic N) is 2. The van der Waals surface area contributed by atoms with Crippen molar-refractivity contribution in [2.45, 2.75) is 6.92 Å². The fourth-order valence-corrected chi connectivity index (χ4v) is 2.31. The largest absolute Gasteiger partial charge is 0.497 e. The van der Waals surface area contributed by atoms with Gasteiger partial charge in [-0.2, -0.15) is 0 Å². The summed E-state index contributed by atoms with van der Waals surface area (Å²) < 4.78 is 10.1. The number of carbonyl (C=O) groups excluding carboxylic acids is 2. The average Bonchev–Trinajstić information content (AvgIpc) is 2.60. The molecule has 0 spiro atoms. The number of piperazine rings is 1. The highest BCUT2D eigenvalue weighted by molar-refractivity contribution is 5.92. The van der Waals surface area contributed by atoms with E-state index in [0.29, 0.717) is 32.8 Å². The first-order chi connectivity index (χ1) is 11.1. The first-order valence-electron chi connectivity index (χ1n) is 7.66. The number of ether oxygens (including phenoxy) is 2. The van der Waals surface area contributed by atoms with E-state index in [2.05, 4.69) is 0 Å². The Hall–Kier alpha value is -2.50. The van der Waals surface area contributed by atoms with E-state index in [4.69, 9.17) is 9.47 Å². The normalized spacial score (nSPS) is 14.9. The number of methoxy groups -OCH3 is 1. The van der Waals surface area contributed by atoms with Gasteiger partial charge >= 0.3 is 6.09 Å². The van der Waals surface area contributed by atoms with Crippen LogP contribution in [0.2, 0.25) is 0 Å². The number of benzene rings is 1. The van der Waals surface area contributed by atoms with Gasteiger partial charge in [0.25, 0.3) is 0 Å². The fourth-order valence-electron chi connectivity index (χ4n) is 2.31. The Morgan fingerprint density at radius 1 is 1.09 bits per heavy atom. The summed E-state index contributed by atoms with van der Waals surface area (Å²) in [4.78, 5) is 27.1. The van der Waals surface area contributed by atoms with Crippen molar-refractivity contribution in [1.29, 1.82) is 0 Å². The maximum atomic E-state index is 12.2. The molecular weight excluding hydrogens is 296 g/mol. The van der Waals surface area contributed by atoms with Crippen LogP contribution in [0, 0.1) is 0 Å². The lowest BCUT2D eigenvalue weighted by molar-refractivity contribution is -0.127. The SMILES string of the molecule is CCOC(=O)N1CCN(C(=O)/C=C/c2ccc(OC)cc2)CC1.